The summed E-state index contributed by atoms with van der Waals surface area (Å²) in [6.07, 6.45) is 0. The molecule has 3 aromatic carbocycles. The molecular formula is C25H21ClN2O4. The molecule has 7 heteroatoms. The number of fused-ring (bicyclic) bond motifs is 1. The van der Waals surface area contributed by atoms with Gasteiger partial charge in [0.2, 0.25) is 0 Å². The Hall–Kier alpha value is -3.77. The van der Waals surface area contributed by atoms with E-state index < -0.39 is 0 Å². The fraction of sp³-hybridized carbons (Fsp3) is 0.120. The van der Waals surface area contributed by atoms with E-state index in [4.69, 9.17) is 20.8 Å². The number of halogens is 1. The lowest BCUT2D eigenvalue weighted by Gasteiger charge is -2.11. The molecule has 4 rings (SSSR count). The predicted molar refractivity (Wildman–Crippen MR) is 126 cm³/mol. The van der Waals surface area contributed by atoms with Gasteiger partial charge in [0.15, 0.2) is 12.4 Å². The number of carbonyl (C=O) groups excluding carboxylic acids is 2. The molecule has 0 bridgehead atoms. The SMILES string of the molecule is Cc1cc(OCC(=O)Nc2ccc(NC(=O)c3cc4ccccc4o3)c(C)c2)ccc1Cl. The van der Waals surface area contributed by atoms with E-state index in [-0.39, 0.29) is 24.2 Å². The molecule has 0 aliphatic heterocycles. The van der Waals surface area contributed by atoms with Crippen molar-refractivity contribution in [2.24, 2.45) is 0 Å². The van der Waals surface area contributed by atoms with E-state index in [1.165, 1.54) is 0 Å². The number of para-hydroxylation sites is 1. The highest BCUT2D eigenvalue weighted by Gasteiger charge is 2.14. The van der Waals surface area contributed by atoms with Gasteiger partial charge in [-0.05, 0) is 73.5 Å². The summed E-state index contributed by atoms with van der Waals surface area (Å²) >= 11 is 6.00. The van der Waals surface area contributed by atoms with Crippen LogP contribution in [0, 0.1) is 13.8 Å². The van der Waals surface area contributed by atoms with E-state index in [2.05, 4.69) is 10.6 Å². The number of nitrogens with one attached hydrogen (secondary N) is 2. The van der Waals surface area contributed by atoms with Gasteiger partial charge in [0.1, 0.15) is 11.3 Å². The van der Waals surface area contributed by atoms with Crippen LogP contribution in [0.4, 0.5) is 11.4 Å². The Morgan fingerprint density at radius 2 is 1.75 bits per heavy atom. The number of furan rings is 1. The van der Waals surface area contributed by atoms with Crippen LogP contribution < -0.4 is 15.4 Å². The molecule has 162 valence electrons. The summed E-state index contributed by atoms with van der Waals surface area (Å²) in [6, 6.07) is 19.6. The number of aryl methyl sites for hydroxylation is 2. The summed E-state index contributed by atoms with van der Waals surface area (Å²) in [5.41, 5.74) is 3.55. The zero-order chi connectivity index (χ0) is 22.7. The quantitative estimate of drug-likeness (QED) is 0.380. The second-order valence-electron chi connectivity index (χ2n) is 7.38. The summed E-state index contributed by atoms with van der Waals surface area (Å²) in [5, 5.41) is 7.14. The van der Waals surface area contributed by atoms with Gasteiger partial charge in [-0.25, -0.2) is 0 Å². The minimum absolute atomic E-state index is 0.134. The molecular weight excluding hydrogens is 428 g/mol. The van der Waals surface area contributed by atoms with Crippen molar-refractivity contribution in [2.75, 3.05) is 17.2 Å². The van der Waals surface area contributed by atoms with Crippen LogP contribution in [0.15, 0.2) is 71.1 Å². The first-order valence-electron chi connectivity index (χ1n) is 9.98. The van der Waals surface area contributed by atoms with E-state index in [0.717, 1.165) is 16.5 Å². The first-order chi connectivity index (χ1) is 15.4. The zero-order valence-electron chi connectivity index (χ0n) is 17.6. The molecule has 0 radical (unpaired) electrons. The van der Waals surface area contributed by atoms with Crippen molar-refractivity contribution < 1.29 is 18.7 Å². The Balaban J connectivity index is 1.36. The molecule has 0 saturated heterocycles. The van der Waals surface area contributed by atoms with Crippen molar-refractivity contribution >= 4 is 45.8 Å². The van der Waals surface area contributed by atoms with Gasteiger partial charge in [-0.1, -0.05) is 29.8 Å². The van der Waals surface area contributed by atoms with E-state index in [1.54, 1.807) is 42.5 Å². The van der Waals surface area contributed by atoms with Crippen molar-refractivity contribution in [2.45, 2.75) is 13.8 Å². The lowest BCUT2D eigenvalue weighted by atomic mass is 10.1. The van der Waals surface area contributed by atoms with Gasteiger partial charge in [-0.2, -0.15) is 0 Å². The maximum absolute atomic E-state index is 12.6. The summed E-state index contributed by atoms with van der Waals surface area (Å²) < 4.78 is 11.1. The summed E-state index contributed by atoms with van der Waals surface area (Å²) in [7, 11) is 0. The molecule has 0 atom stereocenters. The van der Waals surface area contributed by atoms with Gasteiger partial charge in [-0.15, -0.1) is 0 Å². The molecule has 1 heterocycles. The van der Waals surface area contributed by atoms with Crippen molar-refractivity contribution in [3.05, 3.63) is 88.6 Å². The minimum atomic E-state index is -0.340. The van der Waals surface area contributed by atoms with Crippen LogP contribution >= 0.6 is 11.6 Å². The smallest absolute Gasteiger partial charge is 0.291 e. The van der Waals surface area contributed by atoms with Crippen molar-refractivity contribution in [3.8, 4) is 5.75 Å². The average Bonchev–Trinajstić information content (AvgIpc) is 3.21. The monoisotopic (exact) mass is 448 g/mol. The number of carbonyl (C=O) groups is 2. The van der Waals surface area contributed by atoms with Gasteiger partial charge >= 0.3 is 0 Å². The summed E-state index contributed by atoms with van der Waals surface area (Å²) in [6.45, 7) is 3.58. The number of benzene rings is 3. The molecule has 0 saturated carbocycles. The van der Waals surface area contributed by atoms with Crippen LogP contribution in [0.25, 0.3) is 11.0 Å². The Kier molecular flexibility index (Phi) is 6.14. The Morgan fingerprint density at radius 1 is 0.938 bits per heavy atom. The number of anilines is 2. The molecule has 32 heavy (non-hydrogen) atoms. The maximum atomic E-state index is 12.6. The maximum Gasteiger partial charge on any atom is 0.291 e. The van der Waals surface area contributed by atoms with Gasteiger partial charge in [0, 0.05) is 21.8 Å². The standard InChI is InChI=1S/C25H21ClN2O4/c1-15-12-19(8-9-20(15)26)31-14-24(29)27-18-7-10-21(16(2)11-18)28-25(30)23-13-17-5-3-4-6-22(17)32-23/h3-13H,14H2,1-2H3,(H,27,29)(H,28,30). The lowest BCUT2D eigenvalue weighted by Crippen LogP contribution is -2.20. The van der Waals surface area contributed by atoms with Gasteiger partial charge < -0.3 is 19.8 Å². The largest absolute Gasteiger partial charge is 0.484 e. The van der Waals surface area contributed by atoms with Crippen LogP contribution in [0.5, 0.6) is 5.75 Å². The first-order valence-corrected chi connectivity index (χ1v) is 10.4. The number of rotatable bonds is 6. The van der Waals surface area contributed by atoms with Crippen LogP contribution in [-0.4, -0.2) is 18.4 Å². The molecule has 2 N–H and O–H groups in total. The Bertz CT molecular complexity index is 1280. The third kappa shape index (κ3) is 4.92. The highest BCUT2D eigenvalue weighted by atomic mass is 35.5. The molecule has 4 aromatic rings. The highest BCUT2D eigenvalue weighted by molar-refractivity contribution is 6.31. The van der Waals surface area contributed by atoms with E-state index in [9.17, 15) is 9.59 Å². The fourth-order valence-electron chi connectivity index (χ4n) is 3.21. The number of ether oxygens (including phenoxy) is 1. The van der Waals surface area contributed by atoms with Crippen molar-refractivity contribution in [1.82, 2.24) is 0 Å². The van der Waals surface area contributed by atoms with Crippen LogP contribution in [0.1, 0.15) is 21.7 Å². The van der Waals surface area contributed by atoms with Gasteiger partial charge in [0.05, 0.1) is 0 Å². The van der Waals surface area contributed by atoms with E-state index >= 15 is 0 Å². The minimum Gasteiger partial charge on any atom is -0.484 e. The second-order valence-corrected chi connectivity index (χ2v) is 7.79. The third-order valence-electron chi connectivity index (χ3n) is 4.91. The molecule has 0 aliphatic rings. The molecule has 0 unspecified atom stereocenters. The average molecular weight is 449 g/mol. The Labute approximate surface area is 190 Å². The zero-order valence-corrected chi connectivity index (χ0v) is 18.3. The normalized spacial score (nSPS) is 10.7. The molecule has 0 fully saturated rings. The number of hydrogen-bond acceptors (Lipinski definition) is 4. The molecule has 2 amide bonds. The van der Waals surface area contributed by atoms with Crippen LogP contribution in [0.3, 0.4) is 0 Å². The van der Waals surface area contributed by atoms with Crippen molar-refractivity contribution in [3.63, 3.8) is 0 Å². The van der Waals surface area contributed by atoms with E-state index in [0.29, 0.717) is 27.7 Å². The van der Waals surface area contributed by atoms with Crippen molar-refractivity contribution in [1.29, 1.82) is 0 Å². The fourth-order valence-corrected chi connectivity index (χ4v) is 3.33. The number of hydrogen-bond donors (Lipinski definition) is 2. The topological polar surface area (TPSA) is 80.6 Å². The molecule has 0 spiro atoms. The van der Waals surface area contributed by atoms with Crippen LogP contribution in [-0.2, 0) is 4.79 Å². The third-order valence-corrected chi connectivity index (χ3v) is 5.33. The highest BCUT2D eigenvalue weighted by Crippen LogP contribution is 2.24. The van der Waals surface area contributed by atoms with Gasteiger partial charge in [0.25, 0.3) is 11.8 Å². The summed E-state index contributed by atoms with van der Waals surface area (Å²) in [5.74, 6) is 0.170. The van der Waals surface area contributed by atoms with E-state index in [1.807, 2.05) is 38.1 Å². The summed E-state index contributed by atoms with van der Waals surface area (Å²) in [4.78, 5) is 24.8. The molecule has 1 aromatic heterocycles. The number of amides is 2. The predicted octanol–water partition coefficient (Wildman–Crippen LogP) is 5.97. The second kappa shape index (κ2) is 9.16. The molecule has 6 nitrogen and oxygen atoms in total. The first kappa shape index (κ1) is 21.5. The van der Waals surface area contributed by atoms with Gasteiger partial charge in [-0.3, -0.25) is 9.59 Å². The lowest BCUT2D eigenvalue weighted by molar-refractivity contribution is -0.118. The Morgan fingerprint density at radius 3 is 2.50 bits per heavy atom. The molecule has 0 aliphatic carbocycles. The van der Waals surface area contributed by atoms with Crippen LogP contribution in [0.2, 0.25) is 5.02 Å².